The topological polar surface area (TPSA) is 130 Å². The molecular formula is C29H31N9O2. The molecule has 0 saturated carbocycles. The zero-order chi connectivity index (χ0) is 27.3. The summed E-state index contributed by atoms with van der Waals surface area (Å²) in [5.41, 5.74) is 3.68. The number of carbonyl (C=O) groups excluding carboxylic acids is 1. The standard InChI is InChI=1S/C29H31N9O2/c1-19-3-2-4-24(33-19)27-31-12-9-25(36-27)35-26-10-13-32-29(37-26)34-22-7-5-20(6-8-22)17-38-14-11-21(18-38)28(39)40-23-15-30-16-23/h2-10,12-13,21,23,30H,11,14-18H2,1H3,(H2,31,32,34,35,36,37). The van der Waals surface area contributed by atoms with Crippen LogP contribution in [-0.4, -0.2) is 68.1 Å². The normalized spacial score (nSPS) is 17.3. The van der Waals surface area contributed by atoms with E-state index in [1.165, 1.54) is 5.56 Å². The zero-order valence-electron chi connectivity index (χ0n) is 22.2. The summed E-state index contributed by atoms with van der Waals surface area (Å²) < 4.78 is 5.55. The molecule has 11 heteroatoms. The average molecular weight is 538 g/mol. The number of likely N-dealkylation sites (tertiary alicyclic amines) is 1. The lowest BCUT2D eigenvalue weighted by molar-refractivity contribution is -0.155. The highest BCUT2D eigenvalue weighted by molar-refractivity contribution is 5.73. The molecule has 0 aliphatic carbocycles. The van der Waals surface area contributed by atoms with Crippen molar-refractivity contribution in [3.05, 3.63) is 78.2 Å². The Hall–Kier alpha value is -4.48. The first-order valence-corrected chi connectivity index (χ1v) is 13.4. The summed E-state index contributed by atoms with van der Waals surface area (Å²) in [5, 5.41) is 9.61. The first kappa shape index (κ1) is 25.8. The summed E-state index contributed by atoms with van der Waals surface area (Å²) in [4.78, 5) is 37.0. The van der Waals surface area contributed by atoms with Gasteiger partial charge in [-0.1, -0.05) is 18.2 Å². The fourth-order valence-corrected chi connectivity index (χ4v) is 4.69. The van der Waals surface area contributed by atoms with Gasteiger partial charge >= 0.3 is 5.97 Å². The lowest BCUT2D eigenvalue weighted by Crippen LogP contribution is -2.50. The van der Waals surface area contributed by atoms with E-state index in [-0.39, 0.29) is 18.0 Å². The van der Waals surface area contributed by atoms with Crippen molar-refractivity contribution in [3.63, 3.8) is 0 Å². The summed E-state index contributed by atoms with van der Waals surface area (Å²) in [6.45, 7) is 5.90. The zero-order valence-corrected chi connectivity index (χ0v) is 22.2. The summed E-state index contributed by atoms with van der Waals surface area (Å²) in [6.07, 6.45) is 4.27. The average Bonchev–Trinajstić information content (AvgIpc) is 3.41. The molecule has 2 aliphatic heterocycles. The van der Waals surface area contributed by atoms with Gasteiger partial charge in [0.1, 0.15) is 23.4 Å². The lowest BCUT2D eigenvalue weighted by atomic mass is 10.1. The van der Waals surface area contributed by atoms with Crippen LogP contribution >= 0.6 is 0 Å². The van der Waals surface area contributed by atoms with Gasteiger partial charge in [-0.25, -0.2) is 19.9 Å². The van der Waals surface area contributed by atoms with Gasteiger partial charge in [-0.05, 0) is 61.9 Å². The van der Waals surface area contributed by atoms with E-state index in [1.54, 1.807) is 24.5 Å². The van der Waals surface area contributed by atoms with Crippen LogP contribution in [0.3, 0.4) is 0 Å². The number of ether oxygens (including phenoxy) is 1. The maximum Gasteiger partial charge on any atom is 0.310 e. The molecule has 3 aromatic heterocycles. The minimum atomic E-state index is -0.0614. The monoisotopic (exact) mass is 537 g/mol. The van der Waals surface area contributed by atoms with E-state index >= 15 is 0 Å². The van der Waals surface area contributed by atoms with Crippen LogP contribution in [0.2, 0.25) is 0 Å². The SMILES string of the molecule is Cc1cccc(-c2nccc(Nc3ccnc(Nc4ccc(CN5CCC(C(=O)OC6CNC6)C5)cc4)n3)n2)n1. The summed E-state index contributed by atoms with van der Waals surface area (Å²) in [5.74, 6) is 2.12. The molecule has 1 unspecified atom stereocenters. The Morgan fingerprint density at radius 1 is 0.975 bits per heavy atom. The Labute approximate surface area is 232 Å². The quantitative estimate of drug-likeness (QED) is 0.271. The van der Waals surface area contributed by atoms with Gasteiger partial charge in [0.2, 0.25) is 5.95 Å². The van der Waals surface area contributed by atoms with Crippen LogP contribution in [0, 0.1) is 12.8 Å². The summed E-state index contributed by atoms with van der Waals surface area (Å²) >= 11 is 0. The smallest absolute Gasteiger partial charge is 0.310 e. The first-order valence-electron chi connectivity index (χ1n) is 13.4. The van der Waals surface area contributed by atoms with Gasteiger partial charge in [-0.2, -0.15) is 4.98 Å². The molecule has 204 valence electrons. The molecule has 0 spiro atoms. The van der Waals surface area contributed by atoms with Gasteiger partial charge in [-0.15, -0.1) is 0 Å². The molecule has 2 aliphatic rings. The molecule has 0 amide bonds. The van der Waals surface area contributed by atoms with Gasteiger partial charge in [-0.3, -0.25) is 9.69 Å². The third-order valence-corrected chi connectivity index (χ3v) is 6.93. The van der Waals surface area contributed by atoms with E-state index in [4.69, 9.17) is 4.74 Å². The minimum absolute atomic E-state index is 0.0345. The van der Waals surface area contributed by atoms with Gasteiger partial charge in [0.05, 0.1) is 5.92 Å². The third-order valence-electron chi connectivity index (χ3n) is 6.93. The lowest BCUT2D eigenvalue weighted by Gasteiger charge is -2.27. The minimum Gasteiger partial charge on any atom is -0.459 e. The number of rotatable bonds is 9. The number of aryl methyl sites for hydroxylation is 1. The molecule has 11 nitrogen and oxygen atoms in total. The van der Waals surface area contributed by atoms with Crippen LogP contribution in [0.25, 0.3) is 11.5 Å². The van der Waals surface area contributed by atoms with Crippen molar-refractivity contribution in [2.75, 3.05) is 36.8 Å². The van der Waals surface area contributed by atoms with Crippen LogP contribution < -0.4 is 16.0 Å². The molecule has 3 N–H and O–H groups in total. The molecule has 2 saturated heterocycles. The maximum atomic E-state index is 12.4. The summed E-state index contributed by atoms with van der Waals surface area (Å²) in [6, 6.07) is 17.5. The Bertz CT molecular complexity index is 1480. The molecular weight excluding hydrogens is 506 g/mol. The van der Waals surface area contributed by atoms with E-state index < -0.39 is 0 Å². The molecule has 5 heterocycles. The first-order chi connectivity index (χ1) is 19.6. The number of anilines is 4. The van der Waals surface area contributed by atoms with Crippen LogP contribution in [0.4, 0.5) is 23.3 Å². The number of pyridine rings is 1. The highest BCUT2D eigenvalue weighted by Gasteiger charge is 2.32. The second-order valence-corrected chi connectivity index (χ2v) is 10.1. The molecule has 0 bridgehead atoms. The largest absolute Gasteiger partial charge is 0.459 e. The molecule has 1 atom stereocenters. The fraction of sp³-hybridized carbons (Fsp3) is 0.310. The predicted octanol–water partition coefficient (Wildman–Crippen LogP) is 3.46. The van der Waals surface area contributed by atoms with Gasteiger partial charge in [0.25, 0.3) is 0 Å². The highest BCUT2D eigenvalue weighted by atomic mass is 16.5. The van der Waals surface area contributed by atoms with Crippen LogP contribution in [0.5, 0.6) is 0 Å². The summed E-state index contributed by atoms with van der Waals surface area (Å²) in [7, 11) is 0. The van der Waals surface area contributed by atoms with E-state index in [1.807, 2.05) is 37.3 Å². The van der Waals surface area contributed by atoms with Crippen molar-refractivity contribution >= 4 is 29.2 Å². The van der Waals surface area contributed by atoms with E-state index in [2.05, 4.69) is 57.9 Å². The Morgan fingerprint density at radius 3 is 2.55 bits per heavy atom. The molecule has 6 rings (SSSR count). The number of esters is 1. The van der Waals surface area contributed by atoms with E-state index in [0.717, 1.165) is 50.5 Å². The number of hydrogen-bond acceptors (Lipinski definition) is 11. The second kappa shape index (κ2) is 11.7. The van der Waals surface area contributed by atoms with Crippen LogP contribution in [0.15, 0.2) is 67.0 Å². The number of nitrogens with one attached hydrogen (secondary N) is 3. The van der Waals surface area contributed by atoms with Crippen molar-refractivity contribution in [1.82, 2.24) is 35.1 Å². The van der Waals surface area contributed by atoms with Gasteiger partial charge in [0.15, 0.2) is 5.82 Å². The van der Waals surface area contributed by atoms with Crippen molar-refractivity contribution in [2.45, 2.75) is 26.0 Å². The van der Waals surface area contributed by atoms with Gasteiger partial charge < -0.3 is 20.7 Å². The number of carbonyl (C=O) groups is 1. The second-order valence-electron chi connectivity index (χ2n) is 10.1. The van der Waals surface area contributed by atoms with Crippen molar-refractivity contribution in [3.8, 4) is 11.5 Å². The predicted molar refractivity (Wildman–Crippen MR) is 151 cm³/mol. The Morgan fingerprint density at radius 2 is 1.77 bits per heavy atom. The van der Waals surface area contributed by atoms with Crippen molar-refractivity contribution in [2.24, 2.45) is 5.92 Å². The van der Waals surface area contributed by atoms with E-state index in [0.29, 0.717) is 29.1 Å². The van der Waals surface area contributed by atoms with Gasteiger partial charge in [0, 0.05) is 50.0 Å². The number of nitrogens with zero attached hydrogens (tertiary/aromatic N) is 6. The number of aromatic nitrogens is 5. The number of hydrogen-bond donors (Lipinski definition) is 3. The van der Waals surface area contributed by atoms with Crippen LogP contribution in [-0.2, 0) is 16.1 Å². The maximum absolute atomic E-state index is 12.4. The Kier molecular flexibility index (Phi) is 7.56. The molecule has 0 radical (unpaired) electrons. The van der Waals surface area contributed by atoms with Crippen LogP contribution in [0.1, 0.15) is 17.7 Å². The molecule has 1 aromatic carbocycles. The fourth-order valence-electron chi connectivity index (χ4n) is 4.69. The molecule has 40 heavy (non-hydrogen) atoms. The third kappa shape index (κ3) is 6.38. The van der Waals surface area contributed by atoms with E-state index in [9.17, 15) is 4.79 Å². The highest BCUT2D eigenvalue weighted by Crippen LogP contribution is 2.23. The molecule has 4 aromatic rings. The van der Waals surface area contributed by atoms with Crippen molar-refractivity contribution < 1.29 is 9.53 Å². The number of benzene rings is 1. The Balaban J connectivity index is 1.03. The molecule has 2 fully saturated rings. The van der Waals surface area contributed by atoms with Crippen molar-refractivity contribution in [1.29, 1.82) is 0 Å².